The van der Waals surface area contributed by atoms with E-state index >= 15 is 0 Å². The first-order valence-electron chi connectivity index (χ1n) is 6.87. The predicted octanol–water partition coefficient (Wildman–Crippen LogP) is 1.59. The number of nitrogens with zero attached hydrogens (tertiary/aromatic N) is 2. The summed E-state index contributed by atoms with van der Waals surface area (Å²) in [6, 6.07) is 5.10. The zero-order valence-corrected chi connectivity index (χ0v) is 14.2. The quantitative estimate of drug-likeness (QED) is 0.538. The molecule has 7 nitrogen and oxygen atoms in total. The molecule has 2 heterocycles. The number of thiophene rings is 1. The first kappa shape index (κ1) is 17.2. The smallest absolute Gasteiger partial charge is 0.321 e. The largest absolute Gasteiger partial charge is 0.384 e. The molecule has 23 heavy (non-hydrogen) atoms. The lowest BCUT2D eigenvalue weighted by atomic mass is 10.3. The van der Waals surface area contributed by atoms with Crippen molar-refractivity contribution in [3.63, 3.8) is 0 Å². The van der Waals surface area contributed by atoms with E-state index in [9.17, 15) is 9.59 Å². The monoisotopic (exact) mass is 351 g/mol. The second kappa shape index (κ2) is 8.49. The predicted molar refractivity (Wildman–Crippen MR) is 91.5 cm³/mol. The Morgan fingerprint density at radius 2 is 2.22 bits per heavy atom. The van der Waals surface area contributed by atoms with Gasteiger partial charge in [-0.1, -0.05) is 17.8 Å². The maximum Gasteiger partial charge on any atom is 0.321 e. The normalized spacial score (nSPS) is 10.3. The minimum atomic E-state index is -0.503. The number of carbonyl (C=O) groups is 2. The Bertz CT molecular complexity index is 656. The van der Waals surface area contributed by atoms with Gasteiger partial charge in [0.25, 0.3) is 0 Å². The average Bonchev–Trinajstić information content (AvgIpc) is 2.97. The van der Waals surface area contributed by atoms with Gasteiger partial charge in [0.15, 0.2) is 5.16 Å². The number of rotatable bonds is 6. The van der Waals surface area contributed by atoms with Crippen LogP contribution in [0.3, 0.4) is 0 Å². The second-order valence-electron chi connectivity index (χ2n) is 4.64. The Balaban J connectivity index is 1.68. The number of hydrogen-bond acceptors (Lipinski definition) is 7. The van der Waals surface area contributed by atoms with Crippen molar-refractivity contribution in [1.82, 2.24) is 20.6 Å². The molecule has 0 fully saturated rings. The number of aryl methyl sites for hydroxylation is 1. The van der Waals surface area contributed by atoms with Crippen LogP contribution in [0.5, 0.6) is 0 Å². The van der Waals surface area contributed by atoms with Crippen molar-refractivity contribution >= 4 is 40.9 Å². The van der Waals surface area contributed by atoms with Gasteiger partial charge in [0.2, 0.25) is 5.91 Å². The van der Waals surface area contributed by atoms with Gasteiger partial charge in [0.1, 0.15) is 5.82 Å². The number of nitrogen functional groups attached to an aromatic ring is 1. The highest BCUT2D eigenvalue weighted by atomic mass is 32.2. The van der Waals surface area contributed by atoms with E-state index in [4.69, 9.17) is 5.73 Å². The molecule has 0 unspecified atom stereocenters. The fraction of sp³-hybridized carbons (Fsp3) is 0.286. The first-order valence-corrected chi connectivity index (χ1v) is 8.73. The maximum atomic E-state index is 11.7. The minimum absolute atomic E-state index is 0.0429. The number of amides is 3. The second-order valence-corrected chi connectivity index (χ2v) is 6.61. The van der Waals surface area contributed by atoms with Crippen molar-refractivity contribution in [3.05, 3.63) is 34.2 Å². The lowest BCUT2D eigenvalue weighted by Crippen LogP contribution is -2.41. The van der Waals surface area contributed by atoms with Gasteiger partial charge in [0, 0.05) is 23.2 Å². The van der Waals surface area contributed by atoms with Crippen LogP contribution < -0.4 is 16.4 Å². The van der Waals surface area contributed by atoms with Gasteiger partial charge in [-0.15, -0.1) is 11.3 Å². The van der Waals surface area contributed by atoms with E-state index < -0.39 is 11.9 Å². The highest BCUT2D eigenvalue weighted by molar-refractivity contribution is 7.99. The summed E-state index contributed by atoms with van der Waals surface area (Å²) in [4.78, 5) is 32.7. The number of hydrogen-bond donors (Lipinski definition) is 3. The number of aromatic nitrogens is 2. The number of nitrogens with two attached hydrogens (primary N) is 1. The van der Waals surface area contributed by atoms with Crippen molar-refractivity contribution in [1.29, 1.82) is 0 Å². The van der Waals surface area contributed by atoms with E-state index in [2.05, 4.69) is 20.6 Å². The molecule has 0 atom stereocenters. The number of urea groups is 1. The lowest BCUT2D eigenvalue weighted by Gasteiger charge is -2.06. The molecule has 4 N–H and O–H groups in total. The third kappa shape index (κ3) is 6.25. The van der Waals surface area contributed by atoms with Gasteiger partial charge in [-0.3, -0.25) is 10.1 Å². The molecule has 0 aliphatic heterocycles. The highest BCUT2D eigenvalue weighted by Gasteiger charge is 2.09. The Morgan fingerprint density at radius 3 is 2.91 bits per heavy atom. The Kier molecular flexibility index (Phi) is 6.36. The zero-order valence-electron chi connectivity index (χ0n) is 12.5. The molecule has 0 radical (unpaired) electrons. The van der Waals surface area contributed by atoms with Crippen molar-refractivity contribution in [3.8, 4) is 0 Å². The fourth-order valence-corrected chi connectivity index (χ4v) is 3.14. The number of carbonyl (C=O) groups excluding carboxylic acids is 2. The fourth-order valence-electron chi connectivity index (χ4n) is 1.72. The summed E-state index contributed by atoms with van der Waals surface area (Å²) in [5.41, 5.74) is 6.34. The van der Waals surface area contributed by atoms with Gasteiger partial charge in [-0.25, -0.2) is 14.8 Å². The van der Waals surface area contributed by atoms with Crippen LogP contribution in [-0.2, 0) is 11.2 Å². The van der Waals surface area contributed by atoms with Crippen molar-refractivity contribution in [2.24, 2.45) is 0 Å². The van der Waals surface area contributed by atoms with Crippen LogP contribution in [-0.4, -0.2) is 34.2 Å². The van der Waals surface area contributed by atoms with E-state index in [1.807, 2.05) is 17.5 Å². The summed E-state index contributed by atoms with van der Waals surface area (Å²) in [5, 5.41) is 7.30. The van der Waals surface area contributed by atoms with Crippen molar-refractivity contribution in [2.75, 3.05) is 18.0 Å². The summed E-state index contributed by atoms with van der Waals surface area (Å²) < 4.78 is 0. The molecule has 2 aromatic rings. The molecule has 0 aliphatic rings. The summed E-state index contributed by atoms with van der Waals surface area (Å²) in [7, 11) is 0. The molecule has 0 bridgehead atoms. The van der Waals surface area contributed by atoms with Crippen LogP contribution in [0, 0.1) is 6.92 Å². The molecular formula is C14H17N5O2S2. The molecule has 0 saturated heterocycles. The number of nitrogens with one attached hydrogen (secondary N) is 2. The van der Waals surface area contributed by atoms with Crippen LogP contribution in [0.1, 0.15) is 10.6 Å². The summed E-state index contributed by atoms with van der Waals surface area (Å²) in [6.07, 6.45) is 0.741. The van der Waals surface area contributed by atoms with Crippen LogP contribution in [0.25, 0.3) is 0 Å². The van der Waals surface area contributed by atoms with Gasteiger partial charge in [-0.2, -0.15) is 0 Å². The molecule has 0 saturated carbocycles. The molecule has 9 heteroatoms. The SMILES string of the molecule is Cc1cc(N)nc(SCC(=O)NC(=O)NCCc2cccs2)n1. The van der Waals surface area contributed by atoms with Gasteiger partial charge >= 0.3 is 6.03 Å². The number of anilines is 1. The Morgan fingerprint density at radius 1 is 1.39 bits per heavy atom. The van der Waals surface area contributed by atoms with E-state index in [0.717, 1.165) is 23.9 Å². The third-order valence-corrected chi connectivity index (χ3v) is 4.46. The third-order valence-electron chi connectivity index (χ3n) is 2.68. The Hall–Kier alpha value is -2.13. The topological polar surface area (TPSA) is 110 Å². The number of thioether (sulfide) groups is 1. The zero-order chi connectivity index (χ0) is 16.7. The van der Waals surface area contributed by atoms with Gasteiger partial charge in [0.05, 0.1) is 5.75 Å². The summed E-state index contributed by atoms with van der Waals surface area (Å²) in [6.45, 7) is 2.27. The van der Waals surface area contributed by atoms with Crippen molar-refractivity contribution < 1.29 is 9.59 Å². The Labute approximate surface area is 142 Å². The van der Waals surface area contributed by atoms with Crippen LogP contribution in [0.15, 0.2) is 28.7 Å². The standard InChI is InChI=1S/C14H17N5O2S2/c1-9-7-11(15)18-14(17-9)23-8-12(20)19-13(21)16-5-4-10-3-2-6-22-10/h2-3,6-7H,4-5,8H2,1H3,(H2,15,17,18)(H2,16,19,20,21). The maximum absolute atomic E-state index is 11.7. The van der Waals surface area contributed by atoms with Crippen molar-refractivity contribution in [2.45, 2.75) is 18.5 Å². The molecular weight excluding hydrogens is 334 g/mol. The van der Waals surface area contributed by atoms with E-state index in [-0.39, 0.29) is 5.75 Å². The van der Waals surface area contributed by atoms with Crippen LogP contribution in [0.2, 0.25) is 0 Å². The summed E-state index contributed by atoms with van der Waals surface area (Å²) >= 11 is 2.76. The summed E-state index contributed by atoms with van der Waals surface area (Å²) in [5.74, 6) is -0.0136. The molecule has 0 aliphatic carbocycles. The van der Waals surface area contributed by atoms with Crippen LogP contribution >= 0.6 is 23.1 Å². The van der Waals surface area contributed by atoms with Crippen LogP contribution in [0.4, 0.5) is 10.6 Å². The molecule has 0 spiro atoms. The molecule has 3 amide bonds. The minimum Gasteiger partial charge on any atom is -0.384 e. The molecule has 0 aromatic carbocycles. The van der Waals surface area contributed by atoms with Gasteiger partial charge < -0.3 is 11.1 Å². The molecule has 2 rings (SSSR count). The lowest BCUT2D eigenvalue weighted by molar-refractivity contribution is -0.117. The van der Waals surface area contributed by atoms with Gasteiger partial charge in [-0.05, 0) is 24.8 Å². The average molecular weight is 351 g/mol. The number of imide groups is 1. The first-order chi connectivity index (χ1) is 11.0. The molecule has 122 valence electrons. The van der Waals surface area contributed by atoms with E-state index in [1.54, 1.807) is 24.3 Å². The van der Waals surface area contributed by atoms with E-state index in [1.165, 1.54) is 4.88 Å². The van der Waals surface area contributed by atoms with E-state index in [0.29, 0.717) is 17.5 Å². The molecule has 2 aromatic heterocycles. The highest BCUT2D eigenvalue weighted by Crippen LogP contribution is 2.14.